The second-order valence-electron chi connectivity index (χ2n) is 13.7. The van der Waals surface area contributed by atoms with E-state index in [4.69, 9.17) is 24.0 Å². The first-order valence-corrected chi connectivity index (χ1v) is 20.5. The molecular formula is C47H34F2N4O6S2. The van der Waals surface area contributed by atoms with Crippen molar-refractivity contribution in [2.45, 2.75) is 26.7 Å². The minimum absolute atomic E-state index is 0.0549. The van der Waals surface area contributed by atoms with Gasteiger partial charge < -0.3 is 24.0 Å². The van der Waals surface area contributed by atoms with E-state index in [0.717, 1.165) is 27.5 Å². The van der Waals surface area contributed by atoms with Crippen LogP contribution in [0, 0.1) is 25.5 Å². The minimum atomic E-state index is -0.511. The van der Waals surface area contributed by atoms with Gasteiger partial charge in [0.1, 0.15) is 28.5 Å². The molecule has 0 bridgehead atoms. The van der Waals surface area contributed by atoms with E-state index in [-0.39, 0.29) is 24.2 Å². The third kappa shape index (κ3) is 9.15. The molecule has 0 unspecified atom stereocenters. The molecule has 4 heterocycles. The summed E-state index contributed by atoms with van der Waals surface area (Å²) >= 11 is 2.73. The molecule has 10 nitrogen and oxygen atoms in total. The summed E-state index contributed by atoms with van der Waals surface area (Å²) in [6.07, 6.45) is 5.12. The average molecular weight is 853 g/mol. The molecule has 0 radical (unpaired) electrons. The summed E-state index contributed by atoms with van der Waals surface area (Å²) in [6, 6.07) is 29.8. The Balaban J connectivity index is 0.000000173. The molecule has 61 heavy (non-hydrogen) atoms. The monoisotopic (exact) mass is 852 g/mol. The Hall–Kier alpha value is -7.29. The fraction of sp³-hybridized carbons (Fsp3) is 0.0851. The molecule has 2 N–H and O–H groups in total. The zero-order valence-corrected chi connectivity index (χ0v) is 34.2. The quantitative estimate of drug-likeness (QED) is 0.0808. The van der Waals surface area contributed by atoms with Crippen molar-refractivity contribution in [3.8, 4) is 21.9 Å². The van der Waals surface area contributed by atoms with Gasteiger partial charge in [-0.15, -0.1) is 0 Å². The van der Waals surface area contributed by atoms with Crippen molar-refractivity contribution in [2.75, 3.05) is 5.73 Å². The van der Waals surface area contributed by atoms with Gasteiger partial charge in [-0.05, 0) is 78.1 Å². The predicted molar refractivity (Wildman–Crippen MR) is 235 cm³/mol. The summed E-state index contributed by atoms with van der Waals surface area (Å²) in [5, 5.41) is 6.15. The number of aliphatic imine (C=N–C) groups is 1. The van der Waals surface area contributed by atoms with Gasteiger partial charge >= 0.3 is 11.3 Å². The first-order valence-electron chi connectivity index (χ1n) is 18.8. The van der Waals surface area contributed by atoms with Crippen LogP contribution >= 0.6 is 22.7 Å². The van der Waals surface area contributed by atoms with Gasteiger partial charge in [0.2, 0.25) is 0 Å². The highest BCUT2D eigenvalue weighted by Gasteiger charge is 2.18. The maximum absolute atomic E-state index is 15.2. The standard InChI is InChI=1S/C27H19FN2O3S.C20H15FN2O3S/c1-17-21-11-10-20(32-27-29-12-13-34-27)15-24(21)33-26(31)22(17)14-19-8-5-9-23(25(19)28)30-16-18-6-3-2-4-7-18;1-11-14-6-5-13(25-20-23-7-8-27-20)10-17(14)26-19(24)15(11)9-12-3-2-4-16(22)18(12)21/h2-13,15-16H,14H2,1H3;2-8,10H,9,22H2,1H3. The normalized spacial score (nSPS) is 11.2. The molecule has 0 saturated heterocycles. The van der Waals surface area contributed by atoms with Crippen LogP contribution in [0.4, 0.5) is 20.2 Å². The van der Waals surface area contributed by atoms with Crippen LogP contribution in [0.25, 0.3) is 21.9 Å². The van der Waals surface area contributed by atoms with E-state index in [1.165, 1.54) is 28.7 Å². The maximum atomic E-state index is 15.2. The van der Waals surface area contributed by atoms with Crippen LogP contribution in [0.5, 0.6) is 21.9 Å². The number of hydrogen-bond donors (Lipinski definition) is 1. The van der Waals surface area contributed by atoms with Crippen LogP contribution in [0.2, 0.25) is 0 Å². The highest BCUT2D eigenvalue weighted by atomic mass is 32.1. The molecule has 14 heteroatoms. The first kappa shape index (κ1) is 40.5. The van der Waals surface area contributed by atoms with Crippen molar-refractivity contribution in [3.63, 3.8) is 0 Å². The van der Waals surface area contributed by atoms with Crippen molar-refractivity contribution in [1.29, 1.82) is 0 Å². The van der Waals surface area contributed by atoms with Gasteiger partial charge in [0.15, 0.2) is 5.82 Å². The lowest BCUT2D eigenvalue weighted by Crippen LogP contribution is -2.12. The third-order valence-corrected chi connectivity index (χ3v) is 11.1. The van der Waals surface area contributed by atoms with E-state index in [2.05, 4.69) is 15.0 Å². The molecule has 0 aliphatic rings. The number of ether oxygens (including phenoxy) is 2. The molecule has 0 aliphatic carbocycles. The molecule has 0 spiro atoms. The summed E-state index contributed by atoms with van der Waals surface area (Å²) in [6.45, 7) is 3.66. The highest BCUT2D eigenvalue weighted by molar-refractivity contribution is 7.11. The largest absolute Gasteiger partial charge is 0.431 e. The molecule has 304 valence electrons. The van der Waals surface area contributed by atoms with Gasteiger partial charge in [-0.1, -0.05) is 77.3 Å². The van der Waals surface area contributed by atoms with Crippen LogP contribution in [0.15, 0.2) is 150 Å². The zero-order chi connectivity index (χ0) is 42.5. The Labute approximate surface area is 354 Å². The Kier molecular flexibility index (Phi) is 11.9. The smallest absolute Gasteiger partial charge is 0.340 e. The molecule has 0 amide bonds. The summed E-state index contributed by atoms with van der Waals surface area (Å²) in [5.41, 5.74) is 9.58. The first-order chi connectivity index (χ1) is 29.6. The fourth-order valence-electron chi connectivity index (χ4n) is 6.61. The van der Waals surface area contributed by atoms with Crippen molar-refractivity contribution >= 4 is 62.2 Å². The van der Waals surface area contributed by atoms with Crippen molar-refractivity contribution in [2.24, 2.45) is 4.99 Å². The number of rotatable bonds is 10. The van der Waals surface area contributed by atoms with Crippen LogP contribution in [0.1, 0.15) is 38.9 Å². The number of aryl methyl sites for hydroxylation is 2. The lowest BCUT2D eigenvalue weighted by molar-refractivity contribution is 0.476. The van der Waals surface area contributed by atoms with Crippen molar-refractivity contribution < 1.29 is 27.1 Å². The van der Waals surface area contributed by atoms with Crippen LogP contribution < -0.4 is 26.5 Å². The fourth-order valence-corrected chi connectivity index (χ4v) is 7.62. The Bertz CT molecular complexity index is 3150. The molecule has 0 fully saturated rings. The number of fused-ring (bicyclic) bond motifs is 2. The lowest BCUT2D eigenvalue weighted by atomic mass is 9.99. The van der Waals surface area contributed by atoms with Gasteiger partial charge in [0.25, 0.3) is 10.4 Å². The number of nitrogens with two attached hydrogens (primary N) is 1. The summed E-state index contributed by atoms with van der Waals surface area (Å²) in [7, 11) is 0. The lowest BCUT2D eigenvalue weighted by Gasteiger charge is -2.10. The topological polar surface area (TPSA) is 143 Å². The van der Waals surface area contributed by atoms with Gasteiger partial charge in [0, 0.05) is 76.2 Å². The van der Waals surface area contributed by atoms with Crippen LogP contribution in [-0.4, -0.2) is 16.2 Å². The SMILES string of the molecule is Cc1c(Cc2cccc(N)c2F)c(=O)oc2cc(Oc3nccs3)ccc12.Cc1c(Cc2cccc(N=Cc3ccccc3)c2F)c(=O)oc2cc(Oc3nccs3)ccc12. The van der Waals surface area contributed by atoms with Crippen molar-refractivity contribution in [1.82, 2.24) is 9.97 Å². The third-order valence-electron chi connectivity index (χ3n) is 9.80. The number of thiazole rings is 2. The summed E-state index contributed by atoms with van der Waals surface area (Å²) in [4.78, 5) is 37.8. The molecule has 4 aromatic heterocycles. The molecule has 5 aromatic carbocycles. The number of halogens is 2. The molecular weight excluding hydrogens is 819 g/mol. The van der Waals surface area contributed by atoms with E-state index < -0.39 is 22.9 Å². The number of nitrogen functional groups attached to an aromatic ring is 1. The van der Waals surface area contributed by atoms with E-state index in [9.17, 15) is 14.0 Å². The maximum Gasteiger partial charge on any atom is 0.340 e. The Morgan fingerprint density at radius 3 is 1.72 bits per heavy atom. The van der Waals surface area contributed by atoms with Crippen LogP contribution in [-0.2, 0) is 12.8 Å². The second kappa shape index (κ2) is 17.9. The van der Waals surface area contributed by atoms with E-state index in [1.807, 2.05) is 67.1 Å². The van der Waals surface area contributed by atoms with Crippen LogP contribution in [0.3, 0.4) is 0 Å². The number of benzene rings is 5. The number of hydrogen-bond acceptors (Lipinski definition) is 12. The van der Waals surface area contributed by atoms with E-state index in [1.54, 1.807) is 73.2 Å². The van der Waals surface area contributed by atoms with Gasteiger partial charge in [-0.2, -0.15) is 0 Å². The van der Waals surface area contributed by atoms with Gasteiger partial charge in [-0.25, -0.2) is 28.3 Å². The molecule has 9 aromatic rings. The van der Waals surface area contributed by atoms with E-state index >= 15 is 4.39 Å². The summed E-state index contributed by atoms with van der Waals surface area (Å²) < 4.78 is 51.8. The summed E-state index contributed by atoms with van der Waals surface area (Å²) in [5.74, 6) is 0.0757. The molecule has 0 saturated carbocycles. The number of anilines is 1. The molecule has 0 atom stereocenters. The number of aromatic nitrogens is 2. The highest BCUT2D eigenvalue weighted by Crippen LogP contribution is 2.32. The Morgan fingerprint density at radius 1 is 0.672 bits per heavy atom. The minimum Gasteiger partial charge on any atom is -0.431 e. The molecule has 9 rings (SSSR count). The predicted octanol–water partition coefficient (Wildman–Crippen LogP) is 11.5. The van der Waals surface area contributed by atoms with E-state index in [0.29, 0.717) is 55.3 Å². The zero-order valence-electron chi connectivity index (χ0n) is 32.6. The van der Waals surface area contributed by atoms with Gasteiger partial charge in [-0.3, -0.25) is 4.99 Å². The number of nitrogens with zero attached hydrogens (tertiary/aromatic N) is 3. The molecule has 0 aliphatic heterocycles. The Morgan fingerprint density at radius 2 is 1.20 bits per heavy atom. The van der Waals surface area contributed by atoms with Crippen molar-refractivity contribution in [3.05, 3.63) is 198 Å². The average Bonchev–Trinajstić information content (AvgIpc) is 3.98. The van der Waals surface area contributed by atoms with Gasteiger partial charge in [0.05, 0.1) is 11.4 Å². The second-order valence-corrected chi connectivity index (χ2v) is 15.4.